The summed E-state index contributed by atoms with van der Waals surface area (Å²) in [6, 6.07) is 0. The Bertz CT molecular complexity index is 363. The van der Waals surface area contributed by atoms with Gasteiger partial charge in [-0.05, 0) is 0 Å². The summed E-state index contributed by atoms with van der Waals surface area (Å²) in [5.41, 5.74) is 0. The van der Waals surface area contributed by atoms with Crippen LogP contribution in [0.1, 0.15) is 111 Å². The molecular formula is C32H78F2N2O3. The van der Waals surface area contributed by atoms with Crippen molar-refractivity contribution in [1.82, 2.24) is 0 Å². The van der Waals surface area contributed by atoms with E-state index in [1.165, 1.54) is 61.3 Å². The van der Waals surface area contributed by atoms with Crippen molar-refractivity contribution < 1.29 is 34.8 Å². The van der Waals surface area contributed by atoms with Crippen molar-refractivity contribution in [2.75, 3.05) is 52.4 Å². The van der Waals surface area contributed by atoms with Crippen molar-refractivity contribution in [3.05, 3.63) is 0 Å². The lowest BCUT2D eigenvalue weighted by atomic mass is 10.0. The van der Waals surface area contributed by atoms with Crippen molar-refractivity contribution in [3.8, 4) is 0 Å². The van der Waals surface area contributed by atoms with E-state index in [0.717, 1.165) is 47.3 Å². The minimum Gasteiger partial charge on any atom is -1.00 e. The van der Waals surface area contributed by atoms with E-state index in [1.54, 1.807) is 0 Å². The predicted molar refractivity (Wildman–Crippen MR) is 169 cm³/mol. The summed E-state index contributed by atoms with van der Waals surface area (Å²) >= 11 is 0. The predicted octanol–water partition coefficient (Wildman–Crippen LogP) is 0.388. The van der Waals surface area contributed by atoms with Crippen molar-refractivity contribution in [3.63, 3.8) is 0 Å². The molecule has 0 heterocycles. The average molecular weight is 577 g/mol. The first-order valence-electron chi connectivity index (χ1n) is 15.0. The molecule has 0 aliphatic heterocycles. The summed E-state index contributed by atoms with van der Waals surface area (Å²) in [5.74, 6) is 6.38. The summed E-state index contributed by atoms with van der Waals surface area (Å²) in [7, 11) is 0. The zero-order valence-corrected chi connectivity index (χ0v) is 29.4. The van der Waals surface area contributed by atoms with Gasteiger partial charge in [0.25, 0.3) is 0 Å². The molecule has 0 aromatic rings. The zero-order valence-electron chi connectivity index (χ0n) is 29.4. The van der Waals surface area contributed by atoms with Gasteiger partial charge in [0.05, 0.1) is 52.4 Å². The van der Waals surface area contributed by atoms with Gasteiger partial charge in [0.2, 0.25) is 0 Å². The second-order valence-corrected chi connectivity index (χ2v) is 15.3. The van der Waals surface area contributed by atoms with Crippen LogP contribution >= 0.6 is 0 Å². The lowest BCUT2D eigenvalue weighted by Crippen LogP contribution is -3.00. The molecule has 248 valence electrons. The molecule has 0 radical (unpaired) electrons. The minimum absolute atomic E-state index is 0. The Hall–Kier alpha value is -0.340. The van der Waals surface area contributed by atoms with Gasteiger partial charge in [-0.1, -0.05) is 111 Å². The normalized spacial score (nSPS) is 11.7. The Morgan fingerprint density at radius 1 is 0.256 bits per heavy atom. The van der Waals surface area contributed by atoms with Crippen LogP contribution in [0.3, 0.4) is 0 Å². The van der Waals surface area contributed by atoms with E-state index in [4.69, 9.17) is 0 Å². The van der Waals surface area contributed by atoms with Crippen LogP contribution in [0.4, 0.5) is 0 Å². The molecule has 0 aromatic carbocycles. The second-order valence-electron chi connectivity index (χ2n) is 15.3. The summed E-state index contributed by atoms with van der Waals surface area (Å²) in [6.45, 7) is 48.6. The topological polar surface area (TPSA) is 94.5 Å². The number of nitrogens with zero attached hydrogens (tertiary/aromatic N) is 2. The molecule has 0 fully saturated rings. The van der Waals surface area contributed by atoms with E-state index in [-0.39, 0.29) is 25.8 Å². The van der Waals surface area contributed by atoms with Crippen LogP contribution in [-0.2, 0) is 0 Å². The van der Waals surface area contributed by atoms with Gasteiger partial charge in [0.1, 0.15) is 0 Å². The van der Waals surface area contributed by atoms with Crippen LogP contribution in [0.2, 0.25) is 0 Å². The summed E-state index contributed by atoms with van der Waals surface area (Å²) in [6.07, 6.45) is 0. The van der Waals surface area contributed by atoms with Gasteiger partial charge >= 0.3 is 0 Å². The lowest BCUT2D eigenvalue weighted by molar-refractivity contribution is -0.938. The highest BCUT2D eigenvalue weighted by molar-refractivity contribution is 4.58. The van der Waals surface area contributed by atoms with E-state index in [2.05, 4.69) is 111 Å². The maximum Gasteiger partial charge on any atom is 0.0810 e. The van der Waals surface area contributed by atoms with Gasteiger partial charge in [0, 0.05) is 47.3 Å². The molecule has 0 saturated carbocycles. The maximum atomic E-state index is 2.37. The van der Waals surface area contributed by atoms with Gasteiger partial charge in [-0.25, -0.2) is 0 Å². The largest absolute Gasteiger partial charge is 1.00 e. The lowest BCUT2D eigenvalue weighted by Gasteiger charge is -2.44. The van der Waals surface area contributed by atoms with E-state index >= 15 is 0 Å². The fourth-order valence-electron chi connectivity index (χ4n) is 7.09. The molecule has 0 bridgehead atoms. The van der Waals surface area contributed by atoms with Crippen LogP contribution in [0, 0.1) is 47.3 Å². The molecule has 0 aromatic heterocycles. The third-order valence-electron chi connectivity index (χ3n) is 6.02. The summed E-state index contributed by atoms with van der Waals surface area (Å²) < 4.78 is 2.65. The van der Waals surface area contributed by atoms with Gasteiger partial charge in [-0.15, -0.1) is 0 Å². The Morgan fingerprint density at radius 3 is 0.385 bits per heavy atom. The van der Waals surface area contributed by atoms with E-state index in [0.29, 0.717) is 0 Å². The average Bonchev–Trinajstić information content (AvgIpc) is 2.48. The standard InChI is InChI=1S/2C16H36N.2FH.3H2O/c2*1-13(2)9-17(10-14(3)4,11-15(5)6)12-16(7)8;;;;;/h2*13-16H,9-12H2,1-8H3;2*1H;3*1H2/q2*+1;;;;;/p-2. The number of hydrogen-bond donors (Lipinski definition) is 0. The highest BCUT2D eigenvalue weighted by Crippen LogP contribution is 2.22. The van der Waals surface area contributed by atoms with Gasteiger partial charge in [-0.2, -0.15) is 0 Å². The second kappa shape index (κ2) is 26.6. The zero-order chi connectivity index (χ0) is 27.3. The molecule has 39 heavy (non-hydrogen) atoms. The van der Waals surface area contributed by atoms with E-state index in [1.807, 2.05) is 0 Å². The number of hydrogen-bond acceptors (Lipinski definition) is 0. The third kappa shape index (κ3) is 30.4. The minimum atomic E-state index is 0. The molecule has 7 heteroatoms. The maximum absolute atomic E-state index is 2.37. The Balaban J connectivity index is -0.0000000931. The number of quaternary nitrogens is 2. The van der Waals surface area contributed by atoms with E-state index in [9.17, 15) is 0 Å². The molecule has 0 aliphatic rings. The van der Waals surface area contributed by atoms with Crippen molar-refractivity contribution in [2.24, 2.45) is 47.3 Å². The fraction of sp³-hybridized carbons (Fsp3) is 1.00. The first-order valence-corrected chi connectivity index (χ1v) is 15.0. The molecule has 5 nitrogen and oxygen atoms in total. The van der Waals surface area contributed by atoms with Crippen LogP contribution in [-0.4, -0.2) is 77.8 Å². The molecule has 0 amide bonds. The number of halogens is 2. The molecule has 0 aliphatic carbocycles. The molecule has 0 spiro atoms. The van der Waals surface area contributed by atoms with Crippen molar-refractivity contribution in [2.45, 2.75) is 111 Å². The summed E-state index contributed by atoms with van der Waals surface area (Å²) in [4.78, 5) is 0. The summed E-state index contributed by atoms with van der Waals surface area (Å²) in [5, 5.41) is 0. The van der Waals surface area contributed by atoms with Crippen LogP contribution in [0.15, 0.2) is 0 Å². The molecule has 0 unspecified atom stereocenters. The van der Waals surface area contributed by atoms with Gasteiger partial charge < -0.3 is 34.8 Å². The molecule has 0 rings (SSSR count). The molecule has 0 atom stereocenters. The highest BCUT2D eigenvalue weighted by Gasteiger charge is 2.32. The smallest absolute Gasteiger partial charge is 0.0810 e. The third-order valence-corrected chi connectivity index (χ3v) is 6.02. The van der Waals surface area contributed by atoms with E-state index < -0.39 is 0 Å². The van der Waals surface area contributed by atoms with Gasteiger partial charge in [0.15, 0.2) is 0 Å². The highest BCUT2D eigenvalue weighted by atomic mass is 19.0. The quantitative estimate of drug-likeness (QED) is 0.238. The molecular weight excluding hydrogens is 498 g/mol. The Kier molecular flexibility index (Phi) is 37.2. The van der Waals surface area contributed by atoms with Crippen LogP contribution in [0.5, 0.6) is 0 Å². The number of rotatable bonds is 16. The first-order chi connectivity index (χ1) is 15.3. The Morgan fingerprint density at radius 2 is 0.333 bits per heavy atom. The van der Waals surface area contributed by atoms with Gasteiger partial charge in [-0.3, -0.25) is 0 Å². The SMILES string of the molecule is CC(C)C[N+](CC(C)C)(CC(C)C)CC(C)C.CC(C)C[N+](CC(C)C)(CC(C)C)CC(C)C.O.O.O.[F-].[F-]. The molecule has 6 N–H and O–H groups in total. The van der Waals surface area contributed by atoms with Crippen LogP contribution < -0.4 is 9.41 Å². The fourth-order valence-corrected chi connectivity index (χ4v) is 7.09. The molecule has 0 saturated heterocycles. The first kappa shape index (κ1) is 54.7. The Labute approximate surface area is 245 Å². The monoisotopic (exact) mass is 577 g/mol. The van der Waals surface area contributed by atoms with Crippen molar-refractivity contribution >= 4 is 0 Å². The van der Waals surface area contributed by atoms with Crippen LogP contribution in [0.25, 0.3) is 0 Å². The van der Waals surface area contributed by atoms with Crippen molar-refractivity contribution in [1.29, 1.82) is 0 Å².